The van der Waals surface area contributed by atoms with Crippen LogP contribution < -0.4 is 15.4 Å². The minimum Gasteiger partial charge on any atom is -0.489 e. The Kier molecular flexibility index (Phi) is 5.63. The van der Waals surface area contributed by atoms with Gasteiger partial charge in [0.15, 0.2) is 0 Å². The van der Waals surface area contributed by atoms with Gasteiger partial charge in [-0.1, -0.05) is 18.2 Å². The number of para-hydroxylation sites is 2. The highest BCUT2D eigenvalue weighted by molar-refractivity contribution is 5.65. The third-order valence-corrected chi connectivity index (χ3v) is 3.55. The van der Waals surface area contributed by atoms with Crippen molar-refractivity contribution in [3.63, 3.8) is 0 Å². The molecule has 0 aliphatic rings. The average Bonchev–Trinajstić information content (AvgIpc) is 2.62. The highest BCUT2D eigenvalue weighted by Gasteiger charge is 2.08. The standard InChI is InChI=1S/C20H23N5O/c1-14(2)26-18-9-5-4-8-17(18)25-20-11-19(23-15(3)24-20)22-13-16-7-6-10-21-12-16/h4-12,14H,13H2,1-3H3,(H2,22,23,24,25). The van der Waals surface area contributed by atoms with Crippen LogP contribution in [-0.4, -0.2) is 21.1 Å². The van der Waals surface area contributed by atoms with Gasteiger partial charge in [-0.25, -0.2) is 9.97 Å². The van der Waals surface area contributed by atoms with Crippen molar-refractivity contribution in [3.8, 4) is 5.75 Å². The molecule has 1 aromatic carbocycles. The zero-order valence-electron chi connectivity index (χ0n) is 15.2. The van der Waals surface area contributed by atoms with E-state index in [1.165, 1.54) is 0 Å². The lowest BCUT2D eigenvalue weighted by atomic mass is 10.2. The number of benzene rings is 1. The third kappa shape index (κ3) is 4.92. The number of hydrogen-bond acceptors (Lipinski definition) is 6. The third-order valence-electron chi connectivity index (χ3n) is 3.55. The van der Waals surface area contributed by atoms with E-state index in [1.807, 2.05) is 69.4 Å². The molecule has 0 aliphatic carbocycles. The van der Waals surface area contributed by atoms with Crippen molar-refractivity contribution in [2.45, 2.75) is 33.4 Å². The van der Waals surface area contributed by atoms with E-state index in [4.69, 9.17) is 4.74 Å². The number of nitrogens with one attached hydrogen (secondary N) is 2. The van der Waals surface area contributed by atoms with E-state index in [1.54, 1.807) is 6.20 Å². The summed E-state index contributed by atoms with van der Waals surface area (Å²) in [6.07, 6.45) is 3.69. The molecule has 6 heteroatoms. The van der Waals surface area contributed by atoms with Crippen molar-refractivity contribution in [3.05, 3.63) is 66.2 Å². The van der Waals surface area contributed by atoms with Gasteiger partial charge >= 0.3 is 0 Å². The Morgan fingerprint density at radius 1 is 1.04 bits per heavy atom. The lowest BCUT2D eigenvalue weighted by molar-refractivity contribution is 0.244. The first-order chi connectivity index (χ1) is 12.6. The quantitative estimate of drug-likeness (QED) is 0.662. The van der Waals surface area contributed by atoms with Crippen LogP contribution in [0.3, 0.4) is 0 Å². The Morgan fingerprint density at radius 2 is 1.85 bits per heavy atom. The van der Waals surface area contributed by atoms with E-state index < -0.39 is 0 Å². The summed E-state index contributed by atoms with van der Waals surface area (Å²) < 4.78 is 5.85. The van der Waals surface area contributed by atoms with E-state index in [2.05, 4.69) is 25.6 Å². The maximum absolute atomic E-state index is 5.85. The van der Waals surface area contributed by atoms with E-state index in [0.29, 0.717) is 18.2 Å². The van der Waals surface area contributed by atoms with Crippen LogP contribution in [0, 0.1) is 6.92 Å². The summed E-state index contributed by atoms with van der Waals surface area (Å²) >= 11 is 0. The number of aromatic nitrogens is 3. The molecule has 0 unspecified atom stereocenters. The van der Waals surface area contributed by atoms with Crippen molar-refractivity contribution in [2.24, 2.45) is 0 Å². The maximum Gasteiger partial charge on any atom is 0.143 e. The van der Waals surface area contributed by atoms with Gasteiger partial charge in [-0.3, -0.25) is 4.98 Å². The zero-order chi connectivity index (χ0) is 18.4. The fourth-order valence-electron chi connectivity index (χ4n) is 2.48. The molecule has 3 rings (SSSR count). The van der Waals surface area contributed by atoms with Crippen molar-refractivity contribution < 1.29 is 4.74 Å². The smallest absolute Gasteiger partial charge is 0.143 e. The zero-order valence-corrected chi connectivity index (χ0v) is 15.2. The van der Waals surface area contributed by atoms with Crippen LogP contribution >= 0.6 is 0 Å². The van der Waals surface area contributed by atoms with E-state index in [-0.39, 0.29) is 6.10 Å². The van der Waals surface area contributed by atoms with Crippen LogP contribution in [0.1, 0.15) is 25.2 Å². The molecule has 2 N–H and O–H groups in total. The van der Waals surface area contributed by atoms with Crippen molar-refractivity contribution >= 4 is 17.3 Å². The molecule has 3 aromatic rings. The molecule has 2 aromatic heterocycles. The van der Waals surface area contributed by atoms with Gasteiger partial charge in [0.25, 0.3) is 0 Å². The number of ether oxygens (including phenoxy) is 1. The highest BCUT2D eigenvalue weighted by Crippen LogP contribution is 2.28. The van der Waals surface area contributed by atoms with Gasteiger partial charge in [0.1, 0.15) is 23.2 Å². The average molecular weight is 349 g/mol. The largest absolute Gasteiger partial charge is 0.489 e. The first-order valence-corrected chi connectivity index (χ1v) is 8.61. The molecule has 26 heavy (non-hydrogen) atoms. The Hall–Kier alpha value is -3.15. The van der Waals surface area contributed by atoms with Gasteiger partial charge in [-0.05, 0) is 44.5 Å². The molecular weight excluding hydrogens is 326 g/mol. The first kappa shape index (κ1) is 17.7. The predicted octanol–water partition coefficient (Wildman–Crippen LogP) is 4.32. The van der Waals surface area contributed by atoms with Crippen LogP contribution in [0.4, 0.5) is 17.3 Å². The van der Waals surface area contributed by atoms with E-state index >= 15 is 0 Å². The molecule has 2 heterocycles. The maximum atomic E-state index is 5.85. The second kappa shape index (κ2) is 8.29. The monoisotopic (exact) mass is 349 g/mol. The lowest BCUT2D eigenvalue weighted by Crippen LogP contribution is -2.08. The van der Waals surface area contributed by atoms with Crippen molar-refractivity contribution in [1.29, 1.82) is 0 Å². The Bertz CT molecular complexity index is 852. The minimum absolute atomic E-state index is 0.0989. The van der Waals surface area contributed by atoms with Gasteiger partial charge in [0, 0.05) is 25.0 Å². The molecule has 134 valence electrons. The van der Waals surface area contributed by atoms with Crippen molar-refractivity contribution in [2.75, 3.05) is 10.6 Å². The van der Waals surface area contributed by atoms with Crippen LogP contribution in [-0.2, 0) is 6.54 Å². The number of hydrogen-bond donors (Lipinski definition) is 2. The fourth-order valence-corrected chi connectivity index (χ4v) is 2.48. The van der Waals surface area contributed by atoms with Crippen LogP contribution in [0.15, 0.2) is 54.9 Å². The summed E-state index contributed by atoms with van der Waals surface area (Å²) in [5.41, 5.74) is 1.96. The summed E-state index contributed by atoms with van der Waals surface area (Å²) in [7, 11) is 0. The number of pyridine rings is 1. The molecule has 0 atom stereocenters. The SMILES string of the molecule is Cc1nc(NCc2cccnc2)cc(Nc2ccccc2OC(C)C)n1. The van der Waals surface area contributed by atoms with Crippen LogP contribution in [0.5, 0.6) is 5.75 Å². The Labute approximate surface area is 153 Å². The fraction of sp³-hybridized carbons (Fsp3) is 0.250. The lowest BCUT2D eigenvalue weighted by Gasteiger charge is -2.16. The van der Waals surface area contributed by atoms with E-state index in [0.717, 1.165) is 22.8 Å². The molecule has 0 bridgehead atoms. The molecule has 0 spiro atoms. The van der Waals surface area contributed by atoms with Gasteiger partial charge in [-0.15, -0.1) is 0 Å². The number of aryl methyl sites for hydroxylation is 1. The van der Waals surface area contributed by atoms with Gasteiger partial charge in [0.2, 0.25) is 0 Å². The first-order valence-electron chi connectivity index (χ1n) is 8.61. The topological polar surface area (TPSA) is 72.0 Å². The Morgan fingerprint density at radius 3 is 2.62 bits per heavy atom. The molecule has 0 amide bonds. The molecule has 6 nitrogen and oxygen atoms in total. The summed E-state index contributed by atoms with van der Waals surface area (Å²) in [6.45, 7) is 6.53. The number of nitrogens with zero attached hydrogens (tertiary/aromatic N) is 3. The summed E-state index contributed by atoms with van der Waals surface area (Å²) in [5.74, 6) is 2.95. The molecule has 0 radical (unpaired) electrons. The predicted molar refractivity (Wildman–Crippen MR) is 104 cm³/mol. The van der Waals surface area contributed by atoms with Gasteiger partial charge in [-0.2, -0.15) is 0 Å². The second-order valence-electron chi connectivity index (χ2n) is 6.19. The molecule has 0 saturated heterocycles. The summed E-state index contributed by atoms with van der Waals surface area (Å²) in [4.78, 5) is 13.0. The summed E-state index contributed by atoms with van der Waals surface area (Å²) in [6, 6.07) is 13.7. The number of rotatable bonds is 7. The second-order valence-corrected chi connectivity index (χ2v) is 6.19. The minimum atomic E-state index is 0.0989. The highest BCUT2D eigenvalue weighted by atomic mass is 16.5. The van der Waals surface area contributed by atoms with Crippen LogP contribution in [0.2, 0.25) is 0 Å². The Balaban J connectivity index is 1.76. The molecule has 0 fully saturated rings. The summed E-state index contributed by atoms with van der Waals surface area (Å²) in [5, 5.41) is 6.64. The normalized spacial score (nSPS) is 10.6. The molecular formula is C20H23N5O. The van der Waals surface area contributed by atoms with Crippen molar-refractivity contribution in [1.82, 2.24) is 15.0 Å². The molecule has 0 aliphatic heterocycles. The van der Waals surface area contributed by atoms with Crippen LogP contribution in [0.25, 0.3) is 0 Å². The van der Waals surface area contributed by atoms with Gasteiger partial charge < -0.3 is 15.4 Å². The van der Waals surface area contributed by atoms with Gasteiger partial charge in [0.05, 0.1) is 11.8 Å². The van der Waals surface area contributed by atoms with E-state index in [9.17, 15) is 0 Å². The molecule has 0 saturated carbocycles. The number of anilines is 3.